The average molecular weight is 390 g/mol. The second-order valence-corrected chi connectivity index (χ2v) is 6.09. The van der Waals surface area contributed by atoms with Crippen molar-refractivity contribution in [1.82, 2.24) is 0 Å². The highest BCUT2D eigenvalue weighted by atomic mass is 35.5. The summed E-state index contributed by atoms with van der Waals surface area (Å²) < 4.78 is 10.9. The van der Waals surface area contributed by atoms with Crippen LogP contribution in [0.15, 0.2) is 51.7 Å². The molecule has 6 heteroatoms. The number of phenolic OH excluding ortho intramolecular Hbond substituents is 1. The van der Waals surface area contributed by atoms with E-state index in [1.54, 1.807) is 12.1 Å². The van der Waals surface area contributed by atoms with Gasteiger partial charge < -0.3 is 19.6 Å². The van der Waals surface area contributed by atoms with E-state index in [0.29, 0.717) is 24.3 Å². The van der Waals surface area contributed by atoms with E-state index in [9.17, 15) is 9.90 Å². The summed E-state index contributed by atoms with van der Waals surface area (Å²) in [5, 5.41) is 14.4. The van der Waals surface area contributed by atoms with Crippen LogP contribution in [0.2, 0.25) is 0 Å². The van der Waals surface area contributed by atoms with Crippen molar-refractivity contribution in [2.24, 2.45) is 0 Å². The van der Waals surface area contributed by atoms with E-state index in [2.05, 4.69) is 12.2 Å². The first-order chi connectivity index (χ1) is 12.6. The number of ether oxygens (including phenoxy) is 1. The number of aryl methyl sites for hydroxylation is 1. The summed E-state index contributed by atoms with van der Waals surface area (Å²) in [6.07, 6.45) is 1.72. The van der Waals surface area contributed by atoms with Crippen LogP contribution >= 0.6 is 12.4 Å². The van der Waals surface area contributed by atoms with Crippen LogP contribution in [0, 0.1) is 0 Å². The van der Waals surface area contributed by atoms with Gasteiger partial charge in [-0.25, -0.2) is 4.79 Å². The molecule has 0 amide bonds. The van der Waals surface area contributed by atoms with E-state index in [0.717, 1.165) is 35.2 Å². The van der Waals surface area contributed by atoms with Gasteiger partial charge in [0.15, 0.2) is 0 Å². The third-order valence-electron chi connectivity index (χ3n) is 4.23. The third kappa shape index (κ3) is 4.74. The first kappa shape index (κ1) is 20.6. The first-order valence-electron chi connectivity index (χ1n) is 8.86. The van der Waals surface area contributed by atoms with Gasteiger partial charge in [0.25, 0.3) is 0 Å². The Labute approximate surface area is 164 Å². The van der Waals surface area contributed by atoms with Crippen molar-refractivity contribution in [3.05, 3.63) is 64.0 Å². The highest BCUT2D eigenvalue weighted by Crippen LogP contribution is 2.29. The fourth-order valence-electron chi connectivity index (χ4n) is 3.01. The van der Waals surface area contributed by atoms with Crippen molar-refractivity contribution in [2.75, 3.05) is 11.9 Å². The molecule has 0 fully saturated rings. The number of hydrogen-bond donors (Lipinski definition) is 2. The van der Waals surface area contributed by atoms with Crippen LogP contribution in [-0.2, 0) is 13.0 Å². The summed E-state index contributed by atoms with van der Waals surface area (Å²) in [5.41, 5.74) is 2.46. The Bertz CT molecular complexity index is 951. The van der Waals surface area contributed by atoms with Gasteiger partial charge in [0.05, 0.1) is 12.2 Å². The number of fused-ring (bicyclic) bond motifs is 1. The highest BCUT2D eigenvalue weighted by Gasteiger charge is 2.13. The van der Waals surface area contributed by atoms with Gasteiger partial charge in [-0.1, -0.05) is 13.3 Å². The molecule has 1 heterocycles. The Morgan fingerprint density at radius 3 is 2.52 bits per heavy atom. The molecule has 2 aromatic carbocycles. The molecule has 0 saturated heterocycles. The minimum absolute atomic E-state index is 0. The van der Waals surface area contributed by atoms with Gasteiger partial charge in [-0.2, -0.15) is 0 Å². The van der Waals surface area contributed by atoms with Crippen molar-refractivity contribution in [2.45, 2.75) is 33.2 Å². The van der Waals surface area contributed by atoms with Crippen LogP contribution in [0.4, 0.5) is 5.69 Å². The number of hydrogen-bond acceptors (Lipinski definition) is 5. The lowest BCUT2D eigenvalue weighted by Gasteiger charge is -2.12. The van der Waals surface area contributed by atoms with E-state index in [-0.39, 0.29) is 18.2 Å². The molecular weight excluding hydrogens is 366 g/mol. The maximum Gasteiger partial charge on any atom is 0.336 e. The number of halogens is 1. The summed E-state index contributed by atoms with van der Waals surface area (Å²) in [5.74, 6) is 0.911. The minimum atomic E-state index is -0.395. The van der Waals surface area contributed by atoms with Gasteiger partial charge in [0.2, 0.25) is 0 Å². The van der Waals surface area contributed by atoms with Crippen molar-refractivity contribution in [1.29, 1.82) is 0 Å². The quantitative estimate of drug-likeness (QED) is 0.563. The van der Waals surface area contributed by atoms with E-state index in [1.807, 2.05) is 31.2 Å². The number of aromatic hydroxyl groups is 1. The molecule has 0 saturated carbocycles. The lowest BCUT2D eigenvalue weighted by molar-refractivity contribution is 0.340. The van der Waals surface area contributed by atoms with Gasteiger partial charge in [0, 0.05) is 23.7 Å². The van der Waals surface area contributed by atoms with Crippen LogP contribution < -0.4 is 15.7 Å². The molecule has 1 aromatic heterocycles. The lowest BCUT2D eigenvalue weighted by Crippen LogP contribution is -2.05. The van der Waals surface area contributed by atoms with Gasteiger partial charge in [-0.3, -0.25) is 0 Å². The van der Waals surface area contributed by atoms with Crippen LogP contribution in [-0.4, -0.2) is 11.7 Å². The predicted octanol–water partition coefficient (Wildman–Crippen LogP) is 4.88. The van der Waals surface area contributed by atoms with E-state index >= 15 is 0 Å². The smallest absolute Gasteiger partial charge is 0.336 e. The Morgan fingerprint density at radius 2 is 1.85 bits per heavy atom. The number of anilines is 1. The van der Waals surface area contributed by atoms with Crippen molar-refractivity contribution < 1.29 is 14.3 Å². The number of nitrogens with one attached hydrogen (secondary N) is 1. The maximum absolute atomic E-state index is 11.9. The Hall–Kier alpha value is -2.66. The molecule has 0 aliphatic heterocycles. The summed E-state index contributed by atoms with van der Waals surface area (Å²) in [4.78, 5) is 11.9. The van der Waals surface area contributed by atoms with Crippen molar-refractivity contribution >= 4 is 29.1 Å². The molecule has 0 aliphatic rings. The van der Waals surface area contributed by atoms with E-state index in [1.165, 1.54) is 6.07 Å². The molecule has 0 spiro atoms. The molecule has 27 heavy (non-hydrogen) atoms. The molecular formula is C21H24ClNO4. The molecule has 3 aromatic rings. The zero-order chi connectivity index (χ0) is 18.5. The Balaban J connectivity index is 0.00000261. The molecule has 0 atom stereocenters. The molecule has 0 bridgehead atoms. The van der Waals surface area contributed by atoms with E-state index < -0.39 is 5.63 Å². The second kappa shape index (κ2) is 9.33. The zero-order valence-corrected chi connectivity index (χ0v) is 16.3. The molecule has 0 radical (unpaired) electrons. The number of benzene rings is 2. The van der Waals surface area contributed by atoms with Crippen LogP contribution in [0.5, 0.6) is 11.5 Å². The van der Waals surface area contributed by atoms with Gasteiger partial charge >= 0.3 is 5.63 Å². The van der Waals surface area contributed by atoms with Crippen LogP contribution in [0.25, 0.3) is 11.0 Å². The largest absolute Gasteiger partial charge is 0.507 e. The summed E-state index contributed by atoms with van der Waals surface area (Å²) in [6, 6.07) is 12.6. The lowest BCUT2D eigenvalue weighted by atomic mass is 10.0. The number of phenols is 1. The molecule has 0 unspecified atom stereocenters. The van der Waals surface area contributed by atoms with Crippen molar-refractivity contribution in [3.63, 3.8) is 0 Å². The van der Waals surface area contributed by atoms with Gasteiger partial charge in [0.1, 0.15) is 17.1 Å². The average Bonchev–Trinajstić information content (AvgIpc) is 2.62. The first-order valence-corrected chi connectivity index (χ1v) is 8.86. The molecule has 0 aliphatic carbocycles. The third-order valence-corrected chi connectivity index (χ3v) is 4.23. The second-order valence-electron chi connectivity index (χ2n) is 6.09. The van der Waals surface area contributed by atoms with Crippen LogP contribution in [0.1, 0.15) is 31.4 Å². The SMILES string of the molecule is CCCc1cc(=O)oc2c(CNc3ccc(OCC)cc3)c(O)ccc12.Cl. The fraction of sp³-hybridized carbons (Fsp3) is 0.286. The Kier molecular flexibility index (Phi) is 7.13. The topological polar surface area (TPSA) is 71.7 Å². The normalized spacial score (nSPS) is 10.4. The predicted molar refractivity (Wildman–Crippen MR) is 110 cm³/mol. The van der Waals surface area contributed by atoms with E-state index in [4.69, 9.17) is 9.15 Å². The standard InChI is InChI=1S/C21H23NO4.ClH/c1-3-5-14-12-20(24)26-21-17(14)10-11-19(23)18(21)13-22-15-6-8-16(9-7-15)25-4-2;/h6-12,22-23H,3-5,13H2,1-2H3;1H. The monoisotopic (exact) mass is 389 g/mol. The van der Waals surface area contributed by atoms with Crippen LogP contribution in [0.3, 0.4) is 0 Å². The minimum Gasteiger partial charge on any atom is -0.507 e. The number of rotatable bonds is 7. The Morgan fingerprint density at radius 1 is 1.11 bits per heavy atom. The van der Waals surface area contributed by atoms with Crippen molar-refractivity contribution in [3.8, 4) is 11.5 Å². The zero-order valence-electron chi connectivity index (χ0n) is 15.5. The summed E-state index contributed by atoms with van der Waals surface area (Å²) in [6.45, 7) is 4.97. The molecule has 5 nitrogen and oxygen atoms in total. The molecule has 3 rings (SSSR count). The summed E-state index contributed by atoms with van der Waals surface area (Å²) >= 11 is 0. The fourth-order valence-corrected chi connectivity index (χ4v) is 3.01. The molecule has 144 valence electrons. The maximum atomic E-state index is 11.9. The summed E-state index contributed by atoms with van der Waals surface area (Å²) in [7, 11) is 0. The van der Waals surface area contributed by atoms with Gasteiger partial charge in [-0.15, -0.1) is 12.4 Å². The highest BCUT2D eigenvalue weighted by molar-refractivity contribution is 5.85. The van der Waals surface area contributed by atoms with Gasteiger partial charge in [-0.05, 0) is 55.3 Å². The molecule has 2 N–H and O–H groups in total.